The van der Waals surface area contributed by atoms with Crippen LogP contribution in [0.4, 0.5) is 0 Å². The first-order valence-electron chi connectivity index (χ1n) is 7.76. The summed E-state index contributed by atoms with van der Waals surface area (Å²) in [6, 6.07) is 0. The van der Waals surface area contributed by atoms with Crippen molar-refractivity contribution in [2.75, 3.05) is 0 Å². The molecule has 126 valence electrons. The molecule has 5 heteroatoms. The summed E-state index contributed by atoms with van der Waals surface area (Å²) in [6.07, 6.45) is 2.16. The van der Waals surface area contributed by atoms with E-state index in [2.05, 4.69) is 4.98 Å². The summed E-state index contributed by atoms with van der Waals surface area (Å²) in [4.78, 5) is 26.9. The van der Waals surface area contributed by atoms with E-state index in [1.54, 1.807) is 6.08 Å². The number of rotatable bonds is 2. The number of hydrogen-bond donors (Lipinski definition) is 1. The van der Waals surface area contributed by atoms with Gasteiger partial charge in [0.25, 0.3) is 0 Å². The molecule has 5 nitrogen and oxygen atoms in total. The second kappa shape index (κ2) is 5.55. The lowest BCUT2D eigenvalue weighted by atomic mass is 9.88. The van der Waals surface area contributed by atoms with Gasteiger partial charge in [-0.15, -0.1) is 0 Å². The van der Waals surface area contributed by atoms with Crippen molar-refractivity contribution in [1.29, 1.82) is 0 Å². The summed E-state index contributed by atoms with van der Waals surface area (Å²) < 4.78 is 10.7. The van der Waals surface area contributed by atoms with Gasteiger partial charge in [-0.2, -0.15) is 0 Å². The molecule has 1 aliphatic rings. The number of allylic oxidation sites excluding steroid dienone is 1. The molecular weight excluding hydrogens is 294 g/mol. The van der Waals surface area contributed by atoms with E-state index in [1.807, 2.05) is 48.5 Å². The average Bonchev–Trinajstić information content (AvgIpc) is 2.77. The summed E-state index contributed by atoms with van der Waals surface area (Å²) in [5.41, 5.74) is 2.09. The van der Waals surface area contributed by atoms with Crippen LogP contribution in [-0.4, -0.2) is 22.5 Å². The first-order valence-corrected chi connectivity index (χ1v) is 7.76. The van der Waals surface area contributed by atoms with Gasteiger partial charge in [-0.05, 0) is 45.7 Å². The van der Waals surface area contributed by atoms with E-state index < -0.39 is 5.60 Å². The van der Waals surface area contributed by atoms with E-state index in [0.29, 0.717) is 17.9 Å². The Kier molecular flexibility index (Phi) is 4.18. The molecule has 0 radical (unpaired) electrons. The summed E-state index contributed by atoms with van der Waals surface area (Å²) in [6.45, 7) is 13.2. The maximum atomic E-state index is 12.3. The van der Waals surface area contributed by atoms with Gasteiger partial charge in [-0.25, -0.2) is 4.79 Å². The van der Waals surface area contributed by atoms with E-state index in [-0.39, 0.29) is 17.4 Å². The Morgan fingerprint density at radius 3 is 2.35 bits per heavy atom. The lowest BCUT2D eigenvalue weighted by molar-refractivity contribution is -0.135. The minimum Gasteiger partial charge on any atom is -0.455 e. The smallest absolute Gasteiger partial charge is 0.355 e. The van der Waals surface area contributed by atoms with Gasteiger partial charge in [0, 0.05) is 17.2 Å². The predicted octanol–water partition coefficient (Wildman–Crippen LogP) is 3.90. The highest BCUT2D eigenvalue weighted by atomic mass is 16.6. The van der Waals surface area contributed by atoms with Crippen molar-refractivity contribution in [2.24, 2.45) is 5.41 Å². The van der Waals surface area contributed by atoms with Crippen LogP contribution in [0.2, 0.25) is 0 Å². The number of ether oxygens (including phenoxy) is 2. The maximum Gasteiger partial charge on any atom is 0.355 e. The minimum atomic E-state index is -0.551. The number of carbonyl (C=O) groups excluding carboxylic acids is 2. The van der Waals surface area contributed by atoms with Crippen LogP contribution in [0.25, 0.3) is 6.08 Å². The zero-order valence-electron chi connectivity index (χ0n) is 14.9. The lowest BCUT2D eigenvalue weighted by Gasteiger charge is -2.19. The largest absolute Gasteiger partial charge is 0.455 e. The topological polar surface area (TPSA) is 68.4 Å². The van der Waals surface area contributed by atoms with Gasteiger partial charge in [-0.3, -0.25) is 4.79 Å². The normalized spacial score (nSPS) is 19.1. The first-order chi connectivity index (χ1) is 10.4. The Bertz CT molecular complexity index is 687. The number of nitrogens with one attached hydrogen (secondary N) is 1. The van der Waals surface area contributed by atoms with Gasteiger partial charge >= 0.3 is 11.9 Å². The van der Waals surface area contributed by atoms with E-state index in [1.165, 1.54) is 0 Å². The van der Waals surface area contributed by atoms with Crippen LogP contribution in [-0.2, 0) is 14.3 Å². The quantitative estimate of drug-likeness (QED) is 0.839. The van der Waals surface area contributed by atoms with Gasteiger partial charge in [0.05, 0.1) is 6.42 Å². The van der Waals surface area contributed by atoms with Crippen LogP contribution in [0.15, 0.2) is 5.76 Å². The number of H-pyrrole nitrogens is 1. The van der Waals surface area contributed by atoms with Crippen LogP contribution in [0.1, 0.15) is 68.3 Å². The second-order valence-corrected chi connectivity index (χ2v) is 7.71. The van der Waals surface area contributed by atoms with Crippen molar-refractivity contribution in [3.05, 3.63) is 28.3 Å². The van der Waals surface area contributed by atoms with Crippen LogP contribution in [0, 0.1) is 19.3 Å². The monoisotopic (exact) mass is 319 g/mol. The number of esters is 2. The molecule has 1 aliphatic heterocycles. The van der Waals surface area contributed by atoms with E-state index in [4.69, 9.17) is 9.47 Å². The standard InChI is InChI=1S/C18H25NO4/c1-10-11(2)15(16(21)23-17(3,4)5)19-12(10)8-13-18(6,7)9-14(20)22-13/h8,19H,9H2,1-7H3/b13-8+. The molecule has 23 heavy (non-hydrogen) atoms. The van der Waals surface area contributed by atoms with Crippen molar-refractivity contribution >= 4 is 18.0 Å². The third kappa shape index (κ3) is 3.66. The van der Waals surface area contributed by atoms with Crippen molar-refractivity contribution in [1.82, 2.24) is 4.98 Å². The van der Waals surface area contributed by atoms with Crippen LogP contribution in [0.5, 0.6) is 0 Å². The van der Waals surface area contributed by atoms with Gasteiger partial charge in [0.2, 0.25) is 0 Å². The Labute approximate surface area is 137 Å². The summed E-state index contributed by atoms with van der Waals surface area (Å²) in [5, 5.41) is 0. The van der Waals surface area contributed by atoms with Crippen molar-refractivity contribution < 1.29 is 19.1 Å². The lowest BCUT2D eigenvalue weighted by Crippen LogP contribution is -2.24. The van der Waals surface area contributed by atoms with E-state index in [0.717, 1.165) is 16.8 Å². The first kappa shape index (κ1) is 17.3. The Morgan fingerprint density at radius 2 is 1.87 bits per heavy atom. The number of cyclic esters (lactones) is 1. The molecule has 1 fully saturated rings. The third-order valence-corrected chi connectivity index (χ3v) is 3.96. The van der Waals surface area contributed by atoms with Crippen LogP contribution < -0.4 is 0 Å². The predicted molar refractivity (Wildman–Crippen MR) is 87.9 cm³/mol. The molecule has 0 aromatic carbocycles. The minimum absolute atomic E-state index is 0.227. The molecule has 1 aromatic rings. The molecule has 0 amide bonds. The molecule has 2 heterocycles. The highest BCUT2D eigenvalue weighted by molar-refractivity contribution is 5.91. The molecule has 0 atom stereocenters. The van der Waals surface area contributed by atoms with Crippen molar-refractivity contribution in [3.8, 4) is 0 Å². The van der Waals surface area contributed by atoms with Gasteiger partial charge in [-0.1, -0.05) is 13.8 Å². The zero-order chi connectivity index (χ0) is 17.6. The molecule has 0 unspecified atom stereocenters. The van der Waals surface area contributed by atoms with Gasteiger partial charge < -0.3 is 14.5 Å². The molecule has 0 aliphatic carbocycles. The van der Waals surface area contributed by atoms with E-state index >= 15 is 0 Å². The molecule has 1 N–H and O–H groups in total. The molecule has 2 rings (SSSR count). The van der Waals surface area contributed by atoms with Gasteiger partial charge in [0.1, 0.15) is 17.1 Å². The number of hydrogen-bond acceptors (Lipinski definition) is 4. The third-order valence-electron chi connectivity index (χ3n) is 3.96. The van der Waals surface area contributed by atoms with Crippen molar-refractivity contribution in [2.45, 2.75) is 60.5 Å². The second-order valence-electron chi connectivity index (χ2n) is 7.71. The number of carbonyl (C=O) groups is 2. The highest BCUT2D eigenvalue weighted by Crippen LogP contribution is 2.39. The Balaban J connectivity index is 2.38. The fraction of sp³-hybridized carbons (Fsp3) is 0.556. The summed E-state index contributed by atoms with van der Waals surface area (Å²) in [7, 11) is 0. The molecule has 1 aromatic heterocycles. The fourth-order valence-electron chi connectivity index (χ4n) is 2.49. The molecule has 0 spiro atoms. The van der Waals surface area contributed by atoms with Gasteiger partial charge in [0.15, 0.2) is 0 Å². The SMILES string of the molecule is Cc1c(/C=C2/OC(=O)CC2(C)C)[nH]c(C(=O)OC(C)(C)C)c1C. The average molecular weight is 319 g/mol. The number of aromatic amines is 1. The Morgan fingerprint density at radius 1 is 1.26 bits per heavy atom. The van der Waals surface area contributed by atoms with Crippen LogP contribution in [0.3, 0.4) is 0 Å². The molecule has 0 bridgehead atoms. The molecule has 1 saturated heterocycles. The highest BCUT2D eigenvalue weighted by Gasteiger charge is 2.37. The van der Waals surface area contributed by atoms with E-state index in [9.17, 15) is 9.59 Å². The fourth-order valence-corrected chi connectivity index (χ4v) is 2.49. The number of aromatic nitrogens is 1. The molecule has 0 saturated carbocycles. The summed E-state index contributed by atoms with van der Waals surface area (Å²) in [5.74, 6) is 0.00237. The van der Waals surface area contributed by atoms with Crippen molar-refractivity contribution in [3.63, 3.8) is 0 Å². The maximum absolute atomic E-state index is 12.3. The summed E-state index contributed by atoms with van der Waals surface area (Å²) >= 11 is 0. The molecular formula is C18H25NO4. The Hall–Kier alpha value is -2.04. The van der Waals surface area contributed by atoms with Crippen LogP contribution >= 0.6 is 0 Å². The zero-order valence-corrected chi connectivity index (χ0v) is 14.9.